The van der Waals surface area contributed by atoms with E-state index in [0.29, 0.717) is 0 Å². The van der Waals surface area contributed by atoms with Gasteiger partial charge in [-0.1, -0.05) is 23.1 Å². The van der Waals surface area contributed by atoms with Crippen molar-refractivity contribution in [1.29, 1.82) is 0 Å². The van der Waals surface area contributed by atoms with Crippen LogP contribution in [0, 0.1) is 6.92 Å². The smallest absolute Gasteiger partial charge is 0.174 e. The van der Waals surface area contributed by atoms with Crippen molar-refractivity contribution < 1.29 is 0 Å². The van der Waals surface area contributed by atoms with Crippen LogP contribution in [-0.2, 0) is 5.75 Å². The summed E-state index contributed by atoms with van der Waals surface area (Å²) in [5.41, 5.74) is 1.75. The average molecular weight is 229 g/mol. The molecule has 0 amide bonds. The molecule has 0 atom stereocenters. The van der Waals surface area contributed by atoms with Crippen LogP contribution >= 0.6 is 34.4 Å². The minimum absolute atomic E-state index is 0.897. The highest BCUT2D eigenvalue weighted by Crippen LogP contribution is 2.25. The molecule has 6 heteroatoms. The maximum Gasteiger partial charge on any atom is 0.174 e. The molecule has 0 unspecified atom stereocenters. The minimum Gasteiger partial charge on any atom is -0.249 e. The molecule has 0 aliphatic heterocycles. The largest absolute Gasteiger partial charge is 0.249 e. The summed E-state index contributed by atoms with van der Waals surface area (Å²) in [6, 6.07) is 0. The van der Waals surface area contributed by atoms with Crippen LogP contribution in [0.2, 0.25) is 0 Å². The summed E-state index contributed by atoms with van der Waals surface area (Å²) in [5.74, 6) is 0.897. The van der Waals surface area contributed by atoms with Crippen LogP contribution in [0.4, 0.5) is 0 Å². The molecule has 2 rings (SSSR count). The number of thioether (sulfide) groups is 1. The highest BCUT2D eigenvalue weighted by atomic mass is 32.2. The molecule has 0 aliphatic rings. The third-order valence-corrected chi connectivity index (χ3v) is 4.30. The van der Waals surface area contributed by atoms with Crippen molar-refractivity contribution in [3.8, 4) is 0 Å². The topological polar surface area (TPSA) is 38.7 Å². The first kappa shape index (κ1) is 9.11. The van der Waals surface area contributed by atoms with E-state index < -0.39 is 0 Å². The first-order valence-corrected chi connectivity index (χ1v) is 6.33. The monoisotopic (exact) mass is 229 g/mol. The lowest BCUT2D eigenvalue weighted by Gasteiger charge is -1.90. The van der Waals surface area contributed by atoms with Crippen LogP contribution in [-0.4, -0.2) is 15.2 Å². The number of rotatable bonds is 3. The van der Waals surface area contributed by atoms with Crippen LogP contribution in [0.25, 0.3) is 0 Å². The fraction of sp³-hybridized carbons (Fsp3) is 0.286. The zero-order valence-corrected chi connectivity index (χ0v) is 9.38. The highest BCUT2D eigenvalue weighted by Gasteiger charge is 2.02. The maximum absolute atomic E-state index is 4.27. The van der Waals surface area contributed by atoms with E-state index >= 15 is 0 Å². The van der Waals surface area contributed by atoms with E-state index in [2.05, 4.69) is 22.1 Å². The van der Waals surface area contributed by atoms with Crippen molar-refractivity contribution in [2.75, 3.05) is 0 Å². The molecule has 13 heavy (non-hydrogen) atoms. The second-order valence-corrected chi connectivity index (χ2v) is 5.73. The Labute approximate surface area is 88.2 Å². The molecule has 0 spiro atoms. The number of hydrogen-bond acceptors (Lipinski definition) is 6. The molecule has 68 valence electrons. The Morgan fingerprint density at radius 1 is 1.54 bits per heavy atom. The molecular weight excluding hydrogens is 222 g/mol. The van der Waals surface area contributed by atoms with Gasteiger partial charge in [0.15, 0.2) is 4.34 Å². The zero-order valence-electron chi connectivity index (χ0n) is 6.93. The molecule has 0 saturated carbocycles. The predicted molar refractivity (Wildman–Crippen MR) is 56.3 cm³/mol. The Morgan fingerprint density at radius 3 is 3.08 bits per heavy atom. The molecule has 0 aliphatic carbocycles. The Morgan fingerprint density at radius 2 is 2.46 bits per heavy atom. The van der Waals surface area contributed by atoms with Crippen molar-refractivity contribution in [3.63, 3.8) is 0 Å². The van der Waals surface area contributed by atoms with Crippen LogP contribution in [0.1, 0.15) is 9.88 Å². The van der Waals surface area contributed by atoms with Gasteiger partial charge in [0.1, 0.15) is 10.5 Å². The number of aromatic nitrogens is 3. The van der Waals surface area contributed by atoms with Crippen molar-refractivity contribution in [2.24, 2.45) is 0 Å². The zero-order chi connectivity index (χ0) is 9.10. The van der Waals surface area contributed by atoms with Gasteiger partial charge in [-0.05, 0) is 6.92 Å². The summed E-state index contributed by atoms with van der Waals surface area (Å²) in [7, 11) is 0. The first-order chi connectivity index (χ1) is 6.34. The molecule has 0 fully saturated rings. The lowest BCUT2D eigenvalue weighted by molar-refractivity contribution is 1.01. The molecule has 2 aromatic heterocycles. The van der Waals surface area contributed by atoms with Gasteiger partial charge >= 0.3 is 0 Å². The van der Waals surface area contributed by atoms with E-state index in [4.69, 9.17) is 0 Å². The standard InChI is InChI=1S/C7H7N3S3/c1-5-2-8-6(13-5)3-11-7-10-9-4-12-7/h2,4H,3H2,1H3. The Kier molecular flexibility index (Phi) is 2.92. The summed E-state index contributed by atoms with van der Waals surface area (Å²) < 4.78 is 1.01. The summed E-state index contributed by atoms with van der Waals surface area (Å²) in [6.07, 6.45) is 1.90. The van der Waals surface area contributed by atoms with Gasteiger partial charge in [0, 0.05) is 11.1 Å². The maximum atomic E-state index is 4.27. The predicted octanol–water partition coefficient (Wildman–Crippen LogP) is 2.60. The van der Waals surface area contributed by atoms with Crippen molar-refractivity contribution in [1.82, 2.24) is 15.2 Å². The third kappa shape index (κ3) is 2.49. The lowest BCUT2D eigenvalue weighted by atomic mass is 10.6. The second-order valence-electron chi connectivity index (χ2n) is 2.36. The van der Waals surface area contributed by atoms with Gasteiger partial charge in [0.05, 0.1) is 5.75 Å². The van der Waals surface area contributed by atoms with E-state index in [0.717, 1.165) is 15.1 Å². The van der Waals surface area contributed by atoms with Crippen molar-refractivity contribution in [3.05, 3.63) is 21.6 Å². The summed E-state index contributed by atoms with van der Waals surface area (Å²) in [4.78, 5) is 5.53. The molecule has 0 radical (unpaired) electrons. The van der Waals surface area contributed by atoms with Gasteiger partial charge in [-0.2, -0.15) is 0 Å². The van der Waals surface area contributed by atoms with E-state index in [-0.39, 0.29) is 0 Å². The van der Waals surface area contributed by atoms with Crippen LogP contribution in [0.5, 0.6) is 0 Å². The second kappa shape index (κ2) is 4.17. The van der Waals surface area contributed by atoms with Crippen LogP contribution in [0.3, 0.4) is 0 Å². The van der Waals surface area contributed by atoms with E-state index in [9.17, 15) is 0 Å². The van der Waals surface area contributed by atoms with E-state index in [1.807, 2.05) is 6.20 Å². The van der Waals surface area contributed by atoms with Crippen molar-refractivity contribution >= 4 is 34.4 Å². The average Bonchev–Trinajstić information content (AvgIpc) is 2.71. The highest BCUT2D eigenvalue weighted by molar-refractivity contribution is 8.00. The molecular formula is C7H7N3S3. The molecule has 2 heterocycles. The number of thiazole rings is 1. The molecule has 2 aromatic rings. The quantitative estimate of drug-likeness (QED) is 0.758. The Hall–Kier alpha value is -0.460. The van der Waals surface area contributed by atoms with Crippen LogP contribution in [0.15, 0.2) is 16.0 Å². The molecule has 0 aromatic carbocycles. The normalized spacial score (nSPS) is 10.5. The van der Waals surface area contributed by atoms with Gasteiger partial charge in [-0.3, -0.25) is 0 Å². The molecule has 0 saturated heterocycles. The SMILES string of the molecule is Cc1cnc(CSc2nncs2)s1. The van der Waals surface area contributed by atoms with Gasteiger partial charge in [0.2, 0.25) is 0 Å². The molecule has 0 bridgehead atoms. The lowest BCUT2D eigenvalue weighted by Crippen LogP contribution is -1.76. The number of nitrogens with zero attached hydrogens (tertiary/aromatic N) is 3. The van der Waals surface area contributed by atoms with Gasteiger partial charge < -0.3 is 0 Å². The third-order valence-electron chi connectivity index (χ3n) is 1.33. The number of aryl methyl sites for hydroxylation is 1. The minimum atomic E-state index is 0.897. The Bertz CT molecular complexity index is 368. The van der Waals surface area contributed by atoms with Gasteiger partial charge in [-0.15, -0.1) is 21.5 Å². The van der Waals surface area contributed by atoms with Crippen molar-refractivity contribution in [2.45, 2.75) is 17.0 Å². The number of hydrogen-bond donors (Lipinski definition) is 0. The first-order valence-electron chi connectivity index (χ1n) is 3.65. The summed E-state index contributed by atoms with van der Waals surface area (Å²) >= 11 is 4.99. The fourth-order valence-electron chi connectivity index (χ4n) is 0.817. The van der Waals surface area contributed by atoms with E-state index in [1.165, 1.54) is 4.88 Å². The van der Waals surface area contributed by atoms with Crippen LogP contribution < -0.4 is 0 Å². The summed E-state index contributed by atoms with van der Waals surface area (Å²) in [6.45, 7) is 2.07. The molecule has 3 nitrogen and oxygen atoms in total. The summed E-state index contributed by atoms with van der Waals surface area (Å²) in [5, 5.41) is 8.87. The van der Waals surface area contributed by atoms with Gasteiger partial charge in [-0.25, -0.2) is 4.98 Å². The molecule has 0 N–H and O–H groups in total. The fourth-order valence-corrected chi connectivity index (χ4v) is 3.10. The Balaban J connectivity index is 1.93. The van der Waals surface area contributed by atoms with Gasteiger partial charge in [0.25, 0.3) is 0 Å². The van der Waals surface area contributed by atoms with E-state index in [1.54, 1.807) is 39.9 Å².